The van der Waals surface area contributed by atoms with Gasteiger partial charge < -0.3 is 4.90 Å². The van der Waals surface area contributed by atoms with Crippen LogP contribution in [0.3, 0.4) is 0 Å². The maximum atomic E-state index is 12.0. The van der Waals surface area contributed by atoms with Gasteiger partial charge >= 0.3 is 0 Å². The van der Waals surface area contributed by atoms with Crippen molar-refractivity contribution in [2.24, 2.45) is 11.0 Å². The topological polar surface area (TPSA) is 87.8 Å². The van der Waals surface area contributed by atoms with E-state index < -0.39 is 4.92 Å². The molecule has 1 aliphatic carbocycles. The molecule has 1 N–H and O–H groups in total. The van der Waals surface area contributed by atoms with Gasteiger partial charge in [-0.15, -0.1) is 0 Å². The summed E-state index contributed by atoms with van der Waals surface area (Å²) >= 11 is 0. The molecule has 1 aromatic carbocycles. The van der Waals surface area contributed by atoms with E-state index in [-0.39, 0.29) is 23.4 Å². The highest BCUT2D eigenvalue weighted by atomic mass is 16.6. The number of amides is 1. The fraction of sp³-hybridized carbons (Fsp3) is 0.429. The Morgan fingerprint density at radius 2 is 2.24 bits per heavy atom. The summed E-state index contributed by atoms with van der Waals surface area (Å²) in [6.45, 7) is 0. The van der Waals surface area contributed by atoms with Crippen molar-refractivity contribution in [1.82, 2.24) is 10.3 Å². The van der Waals surface area contributed by atoms with Gasteiger partial charge in [0.2, 0.25) is 5.91 Å². The van der Waals surface area contributed by atoms with E-state index in [1.165, 1.54) is 12.4 Å². The first-order valence-corrected chi connectivity index (χ1v) is 6.73. The van der Waals surface area contributed by atoms with Crippen LogP contribution in [0.1, 0.15) is 24.3 Å². The Hall–Kier alpha value is -2.44. The van der Waals surface area contributed by atoms with Crippen LogP contribution in [0.5, 0.6) is 0 Å². The number of nitrogens with one attached hydrogen (secondary N) is 1. The largest absolute Gasteiger partial charge is 0.367 e. The van der Waals surface area contributed by atoms with Crippen molar-refractivity contribution >= 4 is 17.9 Å². The van der Waals surface area contributed by atoms with Gasteiger partial charge in [0.15, 0.2) is 0 Å². The second kappa shape index (κ2) is 6.34. The Labute approximate surface area is 122 Å². The molecule has 0 aliphatic heterocycles. The minimum atomic E-state index is -0.418. The molecule has 2 unspecified atom stereocenters. The van der Waals surface area contributed by atoms with Crippen LogP contribution < -0.4 is 5.43 Å². The summed E-state index contributed by atoms with van der Waals surface area (Å²) in [5.74, 6) is -0.290. The maximum Gasteiger partial charge on any atom is 0.269 e. The molecule has 21 heavy (non-hydrogen) atoms. The fourth-order valence-corrected chi connectivity index (χ4v) is 2.37. The van der Waals surface area contributed by atoms with Gasteiger partial charge in [-0.05, 0) is 24.3 Å². The number of carbonyl (C=O) groups excluding carboxylic acids is 1. The molecule has 1 fully saturated rings. The van der Waals surface area contributed by atoms with Gasteiger partial charge in [-0.1, -0.05) is 12.1 Å². The van der Waals surface area contributed by atoms with Gasteiger partial charge in [-0.3, -0.25) is 14.9 Å². The number of benzene rings is 1. The third-order valence-corrected chi connectivity index (χ3v) is 3.58. The Balaban J connectivity index is 2.03. The van der Waals surface area contributed by atoms with Crippen LogP contribution in [0.2, 0.25) is 0 Å². The number of hydrazone groups is 1. The van der Waals surface area contributed by atoms with Crippen LogP contribution in [0.15, 0.2) is 29.4 Å². The number of carbonyl (C=O) groups is 1. The summed E-state index contributed by atoms with van der Waals surface area (Å²) in [6.07, 6.45) is 3.15. The third-order valence-electron chi connectivity index (χ3n) is 3.58. The van der Waals surface area contributed by atoms with Crippen LogP contribution in [-0.2, 0) is 4.79 Å². The molecule has 0 aromatic heterocycles. The average Bonchev–Trinajstić information content (AvgIpc) is 2.37. The van der Waals surface area contributed by atoms with E-state index in [0.29, 0.717) is 0 Å². The molecule has 1 amide bonds. The van der Waals surface area contributed by atoms with Gasteiger partial charge in [0.05, 0.1) is 4.92 Å². The van der Waals surface area contributed by atoms with Crippen molar-refractivity contribution in [3.05, 3.63) is 39.9 Å². The number of nitro benzene ring substituents is 1. The number of hydrogen-bond acceptors (Lipinski definition) is 4. The molecule has 2 atom stereocenters. The SMILES string of the molecule is CN(C)/C=N/NC(=O)C1CCC1c1cccc([N+](=O)[O-])c1. The normalized spacial score (nSPS) is 20.9. The zero-order valence-corrected chi connectivity index (χ0v) is 12.0. The van der Waals surface area contributed by atoms with Crippen LogP contribution in [-0.4, -0.2) is 36.2 Å². The monoisotopic (exact) mass is 290 g/mol. The molecule has 112 valence electrons. The van der Waals surface area contributed by atoms with E-state index in [4.69, 9.17) is 0 Å². The summed E-state index contributed by atoms with van der Waals surface area (Å²) in [5, 5.41) is 14.6. The van der Waals surface area contributed by atoms with Crippen molar-refractivity contribution in [2.75, 3.05) is 14.1 Å². The van der Waals surface area contributed by atoms with E-state index in [9.17, 15) is 14.9 Å². The number of non-ortho nitro benzene ring substituents is 1. The van der Waals surface area contributed by atoms with Crippen molar-refractivity contribution in [3.63, 3.8) is 0 Å². The second-order valence-electron chi connectivity index (χ2n) is 5.33. The standard InChI is InChI=1S/C14H18N4O3/c1-17(2)9-15-16-14(19)13-7-6-12(13)10-4-3-5-11(8-10)18(20)21/h3-5,8-9,12-13H,6-7H2,1-2H3,(H,16,19)/b15-9+. The smallest absolute Gasteiger partial charge is 0.269 e. The molecule has 2 rings (SSSR count). The van der Waals surface area contributed by atoms with Crippen LogP contribution in [0.25, 0.3) is 0 Å². The average molecular weight is 290 g/mol. The zero-order chi connectivity index (χ0) is 15.4. The highest BCUT2D eigenvalue weighted by Crippen LogP contribution is 2.43. The van der Waals surface area contributed by atoms with E-state index in [0.717, 1.165) is 18.4 Å². The summed E-state index contributed by atoms with van der Waals surface area (Å²) in [6, 6.07) is 6.50. The van der Waals surface area contributed by atoms with Crippen LogP contribution in [0.4, 0.5) is 5.69 Å². The number of rotatable bonds is 5. The lowest BCUT2D eigenvalue weighted by atomic mass is 9.69. The molecule has 1 aromatic rings. The Morgan fingerprint density at radius 3 is 2.81 bits per heavy atom. The van der Waals surface area contributed by atoms with Gasteiger partial charge in [0, 0.05) is 32.1 Å². The maximum absolute atomic E-state index is 12.0. The molecule has 1 saturated carbocycles. The van der Waals surface area contributed by atoms with E-state index >= 15 is 0 Å². The Kier molecular flexibility index (Phi) is 4.52. The fourth-order valence-electron chi connectivity index (χ4n) is 2.37. The van der Waals surface area contributed by atoms with Crippen molar-refractivity contribution < 1.29 is 9.72 Å². The molecule has 0 spiro atoms. The first-order chi connectivity index (χ1) is 9.99. The number of nitro groups is 1. The van der Waals surface area contributed by atoms with E-state index in [2.05, 4.69) is 10.5 Å². The summed E-state index contributed by atoms with van der Waals surface area (Å²) in [7, 11) is 3.62. The quantitative estimate of drug-likeness (QED) is 0.387. The first-order valence-electron chi connectivity index (χ1n) is 6.73. The van der Waals surface area contributed by atoms with Gasteiger partial charge in [-0.25, -0.2) is 5.43 Å². The molecular formula is C14H18N4O3. The second-order valence-corrected chi connectivity index (χ2v) is 5.33. The van der Waals surface area contributed by atoms with E-state index in [1.807, 2.05) is 20.2 Å². The predicted molar refractivity (Wildman–Crippen MR) is 78.9 cm³/mol. The lowest BCUT2D eigenvalue weighted by molar-refractivity contribution is -0.384. The molecule has 7 heteroatoms. The predicted octanol–water partition coefficient (Wildman–Crippen LogP) is 1.71. The Morgan fingerprint density at radius 1 is 1.48 bits per heavy atom. The number of hydrogen-bond donors (Lipinski definition) is 1. The van der Waals surface area contributed by atoms with Crippen LogP contribution in [0, 0.1) is 16.0 Å². The molecular weight excluding hydrogens is 272 g/mol. The minimum Gasteiger partial charge on any atom is -0.367 e. The van der Waals surface area contributed by atoms with Gasteiger partial charge in [-0.2, -0.15) is 5.10 Å². The first kappa shape index (κ1) is 15.0. The highest BCUT2D eigenvalue weighted by molar-refractivity contribution is 5.81. The van der Waals surface area contributed by atoms with Crippen LogP contribution >= 0.6 is 0 Å². The molecule has 0 heterocycles. The summed E-state index contributed by atoms with van der Waals surface area (Å²) in [5.41, 5.74) is 3.41. The van der Waals surface area contributed by atoms with Crippen molar-refractivity contribution in [3.8, 4) is 0 Å². The van der Waals surface area contributed by atoms with Crippen molar-refractivity contribution in [1.29, 1.82) is 0 Å². The van der Waals surface area contributed by atoms with Gasteiger partial charge in [0.1, 0.15) is 6.34 Å². The highest BCUT2D eigenvalue weighted by Gasteiger charge is 2.37. The summed E-state index contributed by atoms with van der Waals surface area (Å²) in [4.78, 5) is 24.1. The molecule has 1 aliphatic rings. The molecule has 0 saturated heterocycles. The lowest BCUT2D eigenvalue weighted by Gasteiger charge is -2.35. The molecule has 0 radical (unpaired) electrons. The Bertz CT molecular complexity index is 571. The minimum absolute atomic E-state index is 0.0273. The zero-order valence-electron chi connectivity index (χ0n) is 12.0. The van der Waals surface area contributed by atoms with Gasteiger partial charge in [0.25, 0.3) is 5.69 Å². The molecule has 7 nitrogen and oxygen atoms in total. The van der Waals surface area contributed by atoms with Crippen molar-refractivity contribution in [2.45, 2.75) is 18.8 Å². The van der Waals surface area contributed by atoms with E-state index in [1.54, 1.807) is 17.0 Å². The molecule has 0 bridgehead atoms. The summed E-state index contributed by atoms with van der Waals surface area (Å²) < 4.78 is 0. The number of nitrogens with zero attached hydrogens (tertiary/aromatic N) is 3. The third kappa shape index (κ3) is 3.56. The lowest BCUT2D eigenvalue weighted by Crippen LogP contribution is -2.37.